The van der Waals surface area contributed by atoms with E-state index in [4.69, 9.17) is 11.5 Å². The van der Waals surface area contributed by atoms with Gasteiger partial charge in [-0.15, -0.1) is 0 Å². The Hall–Kier alpha value is -2.73. The minimum atomic E-state index is -1.44. The van der Waals surface area contributed by atoms with Gasteiger partial charge < -0.3 is 37.6 Å². The van der Waals surface area contributed by atoms with Crippen molar-refractivity contribution in [3.05, 3.63) is 0 Å². The number of nitrogens with two attached hydrogens (primary N) is 2. The van der Waals surface area contributed by atoms with Crippen LogP contribution in [0.15, 0.2) is 0 Å². The number of aliphatic carboxylic acids is 1. The highest BCUT2D eigenvalue weighted by Gasteiger charge is 2.32. The van der Waals surface area contributed by atoms with Crippen molar-refractivity contribution in [1.82, 2.24) is 16.0 Å². The van der Waals surface area contributed by atoms with Crippen molar-refractivity contribution >= 4 is 29.6 Å². The normalized spacial score (nSPS) is 15.9. The lowest BCUT2D eigenvalue weighted by molar-refractivity contribution is -0.143. The van der Waals surface area contributed by atoms with Crippen molar-refractivity contribution in [1.29, 1.82) is 0 Å². The van der Waals surface area contributed by atoms with E-state index in [1.54, 1.807) is 27.7 Å². The number of hydrogen-bond donors (Lipinski definition) is 7. The molecule has 5 unspecified atom stereocenters. The standard InChI is InChI=1S/C20H37N5O7/c1-9(2)6-12(24-19(30)16(22)11(5)26)17(28)23-13(8-15(21)27)18(29)25-14(20(31)32)7-10(3)4/h9-14,16,26H,6-8,22H2,1-5H3,(H2,21,27)(H,23,28)(H,24,30)(H,25,29)(H,31,32). The van der Waals surface area contributed by atoms with Crippen LogP contribution in [-0.4, -0.2) is 70.1 Å². The first-order valence-corrected chi connectivity index (χ1v) is 10.5. The van der Waals surface area contributed by atoms with Crippen molar-refractivity contribution in [2.45, 2.75) is 84.2 Å². The monoisotopic (exact) mass is 459 g/mol. The summed E-state index contributed by atoms with van der Waals surface area (Å²) in [5.41, 5.74) is 10.8. The first-order valence-electron chi connectivity index (χ1n) is 10.5. The molecule has 184 valence electrons. The molecule has 0 aliphatic rings. The summed E-state index contributed by atoms with van der Waals surface area (Å²) in [5.74, 6) is -4.65. The number of nitrogens with one attached hydrogen (secondary N) is 3. The van der Waals surface area contributed by atoms with E-state index in [9.17, 15) is 34.2 Å². The van der Waals surface area contributed by atoms with Gasteiger partial charge in [0.05, 0.1) is 12.5 Å². The van der Waals surface area contributed by atoms with Gasteiger partial charge in [-0.25, -0.2) is 4.79 Å². The van der Waals surface area contributed by atoms with Crippen LogP contribution >= 0.6 is 0 Å². The number of aliphatic hydroxyl groups is 1. The molecule has 0 saturated carbocycles. The van der Waals surface area contributed by atoms with Gasteiger partial charge in [-0.1, -0.05) is 27.7 Å². The molecule has 32 heavy (non-hydrogen) atoms. The number of carbonyl (C=O) groups excluding carboxylic acids is 4. The molecule has 4 amide bonds. The van der Waals surface area contributed by atoms with Crippen molar-refractivity contribution in [3.8, 4) is 0 Å². The van der Waals surface area contributed by atoms with Gasteiger partial charge in [0.2, 0.25) is 23.6 Å². The zero-order valence-corrected chi connectivity index (χ0v) is 19.3. The number of carboxylic acid groups (broad SMARTS) is 1. The number of rotatable bonds is 14. The number of hydrogen-bond acceptors (Lipinski definition) is 7. The third-order valence-corrected chi connectivity index (χ3v) is 4.52. The summed E-state index contributed by atoms with van der Waals surface area (Å²) < 4.78 is 0. The summed E-state index contributed by atoms with van der Waals surface area (Å²) in [7, 11) is 0. The van der Waals surface area contributed by atoms with Gasteiger partial charge in [-0.2, -0.15) is 0 Å². The maximum absolute atomic E-state index is 12.8. The third-order valence-electron chi connectivity index (χ3n) is 4.52. The zero-order valence-electron chi connectivity index (χ0n) is 19.3. The molecular formula is C20H37N5O7. The molecule has 0 heterocycles. The second-order valence-corrected chi connectivity index (χ2v) is 8.72. The second-order valence-electron chi connectivity index (χ2n) is 8.72. The van der Waals surface area contributed by atoms with Crippen LogP contribution in [0.5, 0.6) is 0 Å². The Morgan fingerprint density at radius 3 is 1.56 bits per heavy atom. The van der Waals surface area contributed by atoms with Gasteiger partial charge in [0, 0.05) is 0 Å². The first-order chi connectivity index (χ1) is 14.6. The van der Waals surface area contributed by atoms with Gasteiger partial charge in [0.15, 0.2) is 0 Å². The van der Waals surface area contributed by atoms with Crippen molar-refractivity contribution in [3.63, 3.8) is 0 Å². The third kappa shape index (κ3) is 11.0. The molecule has 9 N–H and O–H groups in total. The molecule has 0 aromatic carbocycles. The molecule has 0 saturated heterocycles. The summed E-state index contributed by atoms with van der Waals surface area (Å²) in [4.78, 5) is 60.5. The smallest absolute Gasteiger partial charge is 0.326 e. The number of aliphatic hydroxyl groups excluding tert-OH is 1. The quantitative estimate of drug-likeness (QED) is 0.157. The van der Waals surface area contributed by atoms with E-state index in [0.717, 1.165) is 0 Å². The lowest BCUT2D eigenvalue weighted by Crippen LogP contribution is -2.58. The van der Waals surface area contributed by atoms with Crippen LogP contribution in [0.3, 0.4) is 0 Å². The Labute approximate surface area is 187 Å². The Balaban J connectivity index is 5.54. The Morgan fingerprint density at radius 2 is 1.16 bits per heavy atom. The average Bonchev–Trinajstić information content (AvgIpc) is 2.64. The van der Waals surface area contributed by atoms with E-state index < -0.39 is 66.3 Å². The van der Waals surface area contributed by atoms with E-state index in [1.165, 1.54) is 6.92 Å². The van der Waals surface area contributed by atoms with Crippen molar-refractivity contribution < 1.29 is 34.2 Å². The molecule has 0 aromatic rings. The molecule has 0 radical (unpaired) electrons. The summed E-state index contributed by atoms with van der Waals surface area (Å²) in [6.45, 7) is 8.49. The maximum Gasteiger partial charge on any atom is 0.326 e. The van der Waals surface area contributed by atoms with Gasteiger partial charge >= 0.3 is 5.97 Å². The van der Waals surface area contributed by atoms with Crippen LogP contribution in [-0.2, 0) is 24.0 Å². The number of carbonyl (C=O) groups is 5. The molecular weight excluding hydrogens is 422 g/mol. The number of amides is 4. The van der Waals surface area contributed by atoms with E-state index in [0.29, 0.717) is 0 Å². The lowest BCUT2D eigenvalue weighted by atomic mass is 10.0. The van der Waals surface area contributed by atoms with Crippen LogP contribution in [0.4, 0.5) is 0 Å². The lowest BCUT2D eigenvalue weighted by Gasteiger charge is -2.26. The molecule has 12 nitrogen and oxygen atoms in total. The topological polar surface area (TPSA) is 214 Å². The average molecular weight is 460 g/mol. The largest absolute Gasteiger partial charge is 0.480 e. The van der Waals surface area contributed by atoms with Crippen LogP contribution in [0.1, 0.15) is 53.9 Å². The van der Waals surface area contributed by atoms with E-state index in [-0.39, 0.29) is 24.7 Å². The summed E-state index contributed by atoms with van der Waals surface area (Å²) >= 11 is 0. The Morgan fingerprint density at radius 1 is 0.750 bits per heavy atom. The molecule has 0 aliphatic carbocycles. The highest BCUT2D eigenvalue weighted by molar-refractivity contribution is 5.96. The fourth-order valence-corrected chi connectivity index (χ4v) is 2.84. The zero-order chi connectivity index (χ0) is 25.2. The first kappa shape index (κ1) is 29.3. The maximum atomic E-state index is 12.8. The minimum absolute atomic E-state index is 0.0376. The minimum Gasteiger partial charge on any atom is -0.480 e. The van der Waals surface area contributed by atoms with Gasteiger partial charge in [-0.05, 0) is 31.6 Å². The van der Waals surface area contributed by atoms with Crippen molar-refractivity contribution in [2.24, 2.45) is 23.3 Å². The number of primary amides is 1. The van der Waals surface area contributed by atoms with Crippen LogP contribution in [0.2, 0.25) is 0 Å². The molecule has 12 heteroatoms. The SMILES string of the molecule is CC(C)CC(NC(=O)C(CC(N)=O)NC(=O)C(CC(C)C)NC(=O)C(N)C(C)O)C(=O)O. The van der Waals surface area contributed by atoms with Gasteiger partial charge in [0.25, 0.3) is 0 Å². The highest BCUT2D eigenvalue weighted by atomic mass is 16.4. The predicted molar refractivity (Wildman–Crippen MR) is 116 cm³/mol. The summed E-state index contributed by atoms with van der Waals surface area (Å²) in [6, 6.07) is -5.04. The summed E-state index contributed by atoms with van der Waals surface area (Å²) in [5, 5.41) is 25.9. The molecule has 5 atom stereocenters. The number of carboxylic acids is 1. The van der Waals surface area contributed by atoms with E-state index in [2.05, 4.69) is 16.0 Å². The fourth-order valence-electron chi connectivity index (χ4n) is 2.84. The van der Waals surface area contributed by atoms with Gasteiger partial charge in [0.1, 0.15) is 24.2 Å². The fraction of sp³-hybridized carbons (Fsp3) is 0.750. The highest BCUT2D eigenvalue weighted by Crippen LogP contribution is 2.08. The Bertz CT molecular complexity index is 681. The predicted octanol–water partition coefficient (Wildman–Crippen LogP) is -1.80. The molecule has 0 bridgehead atoms. The van der Waals surface area contributed by atoms with Crippen LogP contribution < -0.4 is 27.4 Å². The molecule has 0 aliphatic heterocycles. The van der Waals surface area contributed by atoms with Gasteiger partial charge in [-0.3, -0.25) is 19.2 Å². The van der Waals surface area contributed by atoms with Crippen LogP contribution in [0.25, 0.3) is 0 Å². The summed E-state index contributed by atoms with van der Waals surface area (Å²) in [6.07, 6.45) is -1.40. The molecule has 0 aromatic heterocycles. The molecule has 0 rings (SSSR count). The molecule has 0 spiro atoms. The van der Waals surface area contributed by atoms with E-state index in [1.807, 2.05) is 0 Å². The second kappa shape index (κ2) is 13.6. The Kier molecular flexibility index (Phi) is 12.5. The van der Waals surface area contributed by atoms with Crippen molar-refractivity contribution in [2.75, 3.05) is 0 Å². The van der Waals surface area contributed by atoms with E-state index >= 15 is 0 Å². The van der Waals surface area contributed by atoms with Crippen LogP contribution in [0, 0.1) is 11.8 Å². The molecule has 0 fully saturated rings.